The second kappa shape index (κ2) is 4.30. The quantitative estimate of drug-likeness (QED) is 0.675. The maximum absolute atomic E-state index is 2.69. The summed E-state index contributed by atoms with van der Waals surface area (Å²) in [5, 5.41) is 0. The lowest BCUT2D eigenvalue weighted by molar-refractivity contribution is 0.106. The molecule has 2 rings (SSSR count). The molecule has 2 heterocycles. The molecule has 94 valence electrons. The van der Waals surface area contributed by atoms with E-state index in [1.807, 2.05) is 0 Å². The Hall–Kier alpha value is -0.0800. The Balaban J connectivity index is 1.91. The van der Waals surface area contributed by atoms with Gasteiger partial charge in [-0.25, -0.2) is 0 Å². The summed E-state index contributed by atoms with van der Waals surface area (Å²) in [5.41, 5.74) is 1.09. The van der Waals surface area contributed by atoms with Gasteiger partial charge in [0.25, 0.3) is 0 Å². The van der Waals surface area contributed by atoms with Gasteiger partial charge in [-0.05, 0) is 50.2 Å². The van der Waals surface area contributed by atoms with E-state index in [4.69, 9.17) is 0 Å². The van der Waals surface area contributed by atoms with Crippen molar-refractivity contribution >= 4 is 0 Å². The fourth-order valence-electron chi connectivity index (χ4n) is 3.62. The van der Waals surface area contributed by atoms with Crippen LogP contribution in [0.25, 0.3) is 0 Å². The fraction of sp³-hybridized carbons (Fsp3) is 1.00. The molecule has 16 heavy (non-hydrogen) atoms. The van der Waals surface area contributed by atoms with E-state index in [0.29, 0.717) is 10.8 Å². The van der Waals surface area contributed by atoms with Crippen LogP contribution in [0.2, 0.25) is 0 Å². The van der Waals surface area contributed by atoms with E-state index in [0.717, 1.165) is 0 Å². The number of hydrogen-bond acceptors (Lipinski definition) is 2. The van der Waals surface area contributed by atoms with Crippen molar-refractivity contribution in [3.63, 3.8) is 0 Å². The Bertz CT molecular complexity index is 244. The lowest BCUT2D eigenvalue weighted by Crippen LogP contribution is -2.43. The zero-order valence-corrected chi connectivity index (χ0v) is 11.6. The summed E-state index contributed by atoms with van der Waals surface area (Å²) < 4.78 is 0. The van der Waals surface area contributed by atoms with E-state index in [1.54, 1.807) is 0 Å². The van der Waals surface area contributed by atoms with Gasteiger partial charge in [0.15, 0.2) is 0 Å². The molecule has 2 aliphatic rings. The van der Waals surface area contributed by atoms with Gasteiger partial charge in [0.05, 0.1) is 0 Å². The summed E-state index contributed by atoms with van der Waals surface area (Å²) in [6, 6.07) is 0. The maximum Gasteiger partial charge on any atom is 0.00509 e. The summed E-state index contributed by atoms with van der Waals surface area (Å²) in [6.45, 7) is 13.6. The van der Waals surface area contributed by atoms with Crippen LogP contribution in [0.3, 0.4) is 0 Å². The number of rotatable bonds is 1. The summed E-state index contributed by atoms with van der Waals surface area (Å²) in [7, 11) is 2.29. The van der Waals surface area contributed by atoms with Crippen LogP contribution in [0, 0.1) is 10.8 Å². The van der Waals surface area contributed by atoms with E-state index >= 15 is 0 Å². The molecule has 0 saturated carbocycles. The Kier molecular flexibility index (Phi) is 3.33. The first-order valence-corrected chi connectivity index (χ1v) is 6.80. The third kappa shape index (κ3) is 2.98. The van der Waals surface area contributed by atoms with Gasteiger partial charge < -0.3 is 9.80 Å². The summed E-state index contributed by atoms with van der Waals surface area (Å²) in [5.74, 6) is 0. The molecule has 0 aromatic heterocycles. The molecule has 0 aliphatic carbocycles. The molecule has 0 radical (unpaired) electrons. The highest BCUT2D eigenvalue weighted by molar-refractivity contribution is 4.94. The Morgan fingerprint density at radius 3 is 2.44 bits per heavy atom. The molecule has 1 unspecified atom stereocenters. The highest BCUT2D eigenvalue weighted by Crippen LogP contribution is 2.39. The second-order valence-corrected chi connectivity index (χ2v) is 7.36. The second-order valence-electron chi connectivity index (χ2n) is 7.36. The van der Waals surface area contributed by atoms with Gasteiger partial charge in [0, 0.05) is 19.6 Å². The lowest BCUT2D eigenvalue weighted by Gasteiger charge is -2.39. The summed E-state index contributed by atoms with van der Waals surface area (Å²) >= 11 is 0. The first-order valence-electron chi connectivity index (χ1n) is 6.80. The number of hydrogen-bond donors (Lipinski definition) is 0. The van der Waals surface area contributed by atoms with Crippen molar-refractivity contribution in [2.45, 2.75) is 40.0 Å². The van der Waals surface area contributed by atoms with Crippen LogP contribution in [0.5, 0.6) is 0 Å². The van der Waals surface area contributed by atoms with E-state index < -0.39 is 0 Å². The topological polar surface area (TPSA) is 6.48 Å². The average molecular weight is 224 g/mol. The van der Waals surface area contributed by atoms with Gasteiger partial charge >= 0.3 is 0 Å². The third-order valence-electron chi connectivity index (χ3n) is 4.07. The molecular weight excluding hydrogens is 196 g/mol. The van der Waals surface area contributed by atoms with Crippen LogP contribution in [-0.4, -0.2) is 49.6 Å². The van der Waals surface area contributed by atoms with Crippen molar-refractivity contribution in [2.24, 2.45) is 10.8 Å². The lowest BCUT2D eigenvalue weighted by atomic mass is 9.79. The normalized spacial score (nSPS) is 33.8. The minimum absolute atomic E-state index is 0.450. The smallest absolute Gasteiger partial charge is 0.00509 e. The molecule has 0 N–H and O–H groups in total. The van der Waals surface area contributed by atoms with Crippen LogP contribution in [0.1, 0.15) is 40.0 Å². The van der Waals surface area contributed by atoms with Crippen LogP contribution in [0.4, 0.5) is 0 Å². The zero-order valence-electron chi connectivity index (χ0n) is 11.6. The van der Waals surface area contributed by atoms with Gasteiger partial charge in [0.2, 0.25) is 0 Å². The van der Waals surface area contributed by atoms with Gasteiger partial charge in [-0.2, -0.15) is 0 Å². The molecule has 0 aromatic carbocycles. The van der Waals surface area contributed by atoms with Crippen molar-refractivity contribution in [3.05, 3.63) is 0 Å². The van der Waals surface area contributed by atoms with Gasteiger partial charge in [0.1, 0.15) is 0 Å². The summed E-state index contributed by atoms with van der Waals surface area (Å²) in [4.78, 5) is 5.23. The van der Waals surface area contributed by atoms with Crippen molar-refractivity contribution in [3.8, 4) is 0 Å². The SMILES string of the molecule is CN1CCCC2(CCN(CC(C)(C)C)C2)C1. The van der Waals surface area contributed by atoms with Gasteiger partial charge in [-0.15, -0.1) is 0 Å². The molecule has 2 heteroatoms. The van der Waals surface area contributed by atoms with Crippen molar-refractivity contribution in [1.82, 2.24) is 9.80 Å². The molecule has 2 aliphatic heterocycles. The van der Waals surface area contributed by atoms with E-state index in [1.165, 1.54) is 52.0 Å². The predicted octanol–water partition coefficient (Wildman–Crippen LogP) is 2.45. The Morgan fingerprint density at radius 1 is 1.06 bits per heavy atom. The molecule has 0 aromatic rings. The Labute approximate surface area is 101 Å². The number of likely N-dealkylation sites (tertiary alicyclic amines) is 2. The van der Waals surface area contributed by atoms with Crippen LogP contribution >= 0.6 is 0 Å². The molecule has 1 atom stereocenters. The molecular formula is C14H28N2. The summed E-state index contributed by atoms with van der Waals surface area (Å²) in [6.07, 6.45) is 4.28. The maximum atomic E-state index is 2.69. The van der Waals surface area contributed by atoms with Crippen LogP contribution in [-0.2, 0) is 0 Å². The average Bonchev–Trinajstić information content (AvgIpc) is 2.45. The van der Waals surface area contributed by atoms with E-state index in [9.17, 15) is 0 Å². The minimum atomic E-state index is 0.450. The Morgan fingerprint density at radius 2 is 1.81 bits per heavy atom. The van der Waals surface area contributed by atoms with Crippen molar-refractivity contribution < 1.29 is 0 Å². The molecule has 2 nitrogen and oxygen atoms in total. The monoisotopic (exact) mass is 224 g/mol. The zero-order chi connectivity index (χ0) is 11.8. The minimum Gasteiger partial charge on any atom is -0.306 e. The molecule has 2 saturated heterocycles. The standard InChI is InChI=1S/C14H28N2/c1-13(2,3)10-16-9-7-14(12-16)6-5-8-15(4)11-14/h5-12H2,1-4H3. The van der Waals surface area contributed by atoms with E-state index in [-0.39, 0.29) is 0 Å². The highest BCUT2D eigenvalue weighted by atomic mass is 15.2. The number of piperidine rings is 1. The van der Waals surface area contributed by atoms with Gasteiger partial charge in [-0.3, -0.25) is 0 Å². The number of nitrogens with zero attached hydrogens (tertiary/aromatic N) is 2. The van der Waals surface area contributed by atoms with Gasteiger partial charge in [-0.1, -0.05) is 20.8 Å². The first-order chi connectivity index (χ1) is 7.39. The molecule has 0 bridgehead atoms. The third-order valence-corrected chi connectivity index (χ3v) is 4.07. The molecule has 0 amide bonds. The molecule has 1 spiro atoms. The van der Waals surface area contributed by atoms with E-state index in [2.05, 4.69) is 37.6 Å². The highest BCUT2D eigenvalue weighted by Gasteiger charge is 2.40. The van der Waals surface area contributed by atoms with Crippen molar-refractivity contribution in [2.75, 3.05) is 39.8 Å². The van der Waals surface area contributed by atoms with Crippen LogP contribution < -0.4 is 0 Å². The van der Waals surface area contributed by atoms with Crippen molar-refractivity contribution in [1.29, 1.82) is 0 Å². The molecule has 2 fully saturated rings. The largest absolute Gasteiger partial charge is 0.306 e. The van der Waals surface area contributed by atoms with Crippen LogP contribution in [0.15, 0.2) is 0 Å². The first kappa shape index (κ1) is 12.4. The predicted molar refractivity (Wildman–Crippen MR) is 69.7 cm³/mol. The fourth-order valence-corrected chi connectivity index (χ4v) is 3.62.